The van der Waals surface area contributed by atoms with Gasteiger partial charge in [-0.25, -0.2) is 4.99 Å². The molecule has 63 heavy (non-hydrogen) atoms. The van der Waals surface area contributed by atoms with Crippen molar-refractivity contribution in [2.45, 2.75) is 0 Å². The molecule has 0 spiro atoms. The van der Waals surface area contributed by atoms with E-state index in [0.717, 1.165) is 55.3 Å². The van der Waals surface area contributed by atoms with Crippen LogP contribution in [0.1, 0.15) is 11.1 Å². The number of nitrogens with zero attached hydrogens (tertiary/aromatic N) is 4. The van der Waals surface area contributed by atoms with Crippen molar-refractivity contribution < 1.29 is 0 Å². The Bertz CT molecular complexity index is 3830. The predicted octanol–water partition coefficient (Wildman–Crippen LogP) is 14.3. The molecule has 0 saturated carbocycles. The number of aromatic nitrogens is 2. The molecule has 296 valence electrons. The van der Waals surface area contributed by atoms with Crippen molar-refractivity contribution in [2.24, 2.45) is 15.7 Å². The summed E-state index contributed by atoms with van der Waals surface area (Å²) in [4.78, 5) is 10.1. The van der Waals surface area contributed by atoms with E-state index in [2.05, 4.69) is 167 Å². The van der Waals surface area contributed by atoms with Crippen LogP contribution < -0.4 is 5.73 Å². The predicted molar refractivity (Wildman–Crippen MR) is 267 cm³/mol. The first-order valence-electron chi connectivity index (χ1n) is 21.2. The van der Waals surface area contributed by atoms with E-state index >= 15 is 0 Å². The smallest absolute Gasteiger partial charge is 0.237 e. The highest BCUT2D eigenvalue weighted by molar-refractivity contribution is 6.26. The van der Waals surface area contributed by atoms with E-state index in [9.17, 15) is 0 Å². The van der Waals surface area contributed by atoms with Crippen LogP contribution in [0.25, 0.3) is 98.4 Å². The molecule has 0 radical (unpaired) electrons. The molecule has 2 aromatic heterocycles. The summed E-state index contributed by atoms with van der Waals surface area (Å²) in [5, 5.41) is 12.2. The van der Waals surface area contributed by atoms with Crippen LogP contribution in [0.5, 0.6) is 0 Å². The molecule has 0 aliphatic heterocycles. The molecule has 5 heteroatoms. The minimum atomic E-state index is 0.371. The monoisotopic (exact) mass is 805 g/mol. The quantitative estimate of drug-likeness (QED) is 0.105. The first-order chi connectivity index (χ1) is 31.1. The minimum Gasteiger partial charge on any atom is -0.383 e. The van der Waals surface area contributed by atoms with Crippen LogP contribution in [0.3, 0.4) is 0 Å². The Morgan fingerprint density at radius 1 is 0.365 bits per heavy atom. The van der Waals surface area contributed by atoms with Gasteiger partial charge in [0.2, 0.25) is 5.96 Å². The molecule has 0 amide bonds. The van der Waals surface area contributed by atoms with Crippen molar-refractivity contribution in [3.8, 4) is 16.8 Å². The fraction of sp³-hybridized carbons (Fsp3) is 0. The molecule has 12 aromatic rings. The van der Waals surface area contributed by atoms with E-state index in [-0.39, 0.29) is 0 Å². The molecule has 0 saturated heterocycles. The van der Waals surface area contributed by atoms with E-state index in [0.29, 0.717) is 17.5 Å². The highest BCUT2D eigenvalue weighted by Gasteiger charge is 2.19. The summed E-state index contributed by atoms with van der Waals surface area (Å²) in [6, 6.07) is 75.0. The molecule has 0 unspecified atom stereocenters. The number of benzene rings is 10. The average Bonchev–Trinajstić information content (AvgIpc) is 3.86. The summed E-state index contributed by atoms with van der Waals surface area (Å²) in [5.74, 6) is 0.809. The highest BCUT2D eigenvalue weighted by Crippen LogP contribution is 2.40. The van der Waals surface area contributed by atoms with Crippen LogP contribution >= 0.6 is 0 Å². The molecule has 12 rings (SSSR count). The summed E-state index contributed by atoms with van der Waals surface area (Å²) in [6.07, 6.45) is 0. The fourth-order valence-electron chi connectivity index (χ4n) is 9.56. The van der Waals surface area contributed by atoms with Crippen LogP contribution in [0.4, 0.5) is 0 Å². The lowest BCUT2D eigenvalue weighted by Crippen LogP contribution is -2.19. The van der Waals surface area contributed by atoms with Crippen molar-refractivity contribution in [3.63, 3.8) is 0 Å². The fourth-order valence-corrected chi connectivity index (χ4v) is 9.56. The lowest BCUT2D eigenvalue weighted by Gasteiger charge is -2.14. The van der Waals surface area contributed by atoms with Gasteiger partial charge >= 0.3 is 0 Å². The van der Waals surface area contributed by atoms with Gasteiger partial charge < -0.3 is 10.3 Å². The van der Waals surface area contributed by atoms with Gasteiger partial charge in [-0.15, -0.1) is 0 Å². The van der Waals surface area contributed by atoms with Gasteiger partial charge in [0.15, 0.2) is 0 Å². The Morgan fingerprint density at radius 2 is 0.810 bits per heavy atom. The number of hydrogen-bond donors (Lipinski definition) is 1. The Labute approximate surface area is 363 Å². The maximum Gasteiger partial charge on any atom is 0.237 e. The minimum absolute atomic E-state index is 0.371. The van der Waals surface area contributed by atoms with Gasteiger partial charge in [0.1, 0.15) is 5.84 Å². The molecule has 5 nitrogen and oxygen atoms in total. The van der Waals surface area contributed by atoms with Gasteiger partial charge in [-0.3, -0.25) is 4.57 Å². The Morgan fingerprint density at radius 3 is 1.44 bits per heavy atom. The zero-order chi connectivity index (χ0) is 42.0. The second kappa shape index (κ2) is 14.6. The molecule has 0 bridgehead atoms. The molecular formula is C58H39N5. The van der Waals surface area contributed by atoms with Crippen molar-refractivity contribution in [1.29, 1.82) is 0 Å². The van der Waals surface area contributed by atoms with Crippen LogP contribution in [-0.2, 0) is 0 Å². The van der Waals surface area contributed by atoms with E-state index < -0.39 is 0 Å². The lowest BCUT2D eigenvalue weighted by atomic mass is 9.94. The second-order valence-electron chi connectivity index (χ2n) is 16.1. The molecule has 0 aliphatic carbocycles. The summed E-state index contributed by atoms with van der Waals surface area (Å²) >= 11 is 0. The number of rotatable bonds is 5. The highest BCUT2D eigenvalue weighted by atomic mass is 15.2. The SMILES string of the molecule is C=C(/N=C(\N=C(/N)c1ccccc1)n1c2ccccc2c2cc(-c3ccc4c(c3)c3ccccc3n4-c3ccc4c5ccccc5c5ccccc5c4c3)ccc21)c1ccccc1. The van der Waals surface area contributed by atoms with Crippen molar-refractivity contribution >= 4 is 93.4 Å². The first-order valence-corrected chi connectivity index (χ1v) is 21.2. The van der Waals surface area contributed by atoms with Gasteiger partial charge in [-0.05, 0) is 97.5 Å². The van der Waals surface area contributed by atoms with Gasteiger partial charge in [-0.1, -0.05) is 170 Å². The molecule has 0 aliphatic rings. The van der Waals surface area contributed by atoms with Crippen LogP contribution in [0.2, 0.25) is 0 Å². The average molecular weight is 806 g/mol. The maximum absolute atomic E-state index is 6.72. The summed E-state index contributed by atoms with van der Waals surface area (Å²) in [6.45, 7) is 4.36. The third kappa shape index (κ3) is 5.93. The summed E-state index contributed by atoms with van der Waals surface area (Å²) < 4.78 is 4.52. The summed E-state index contributed by atoms with van der Waals surface area (Å²) in [5.41, 5.74) is 16.7. The molecule has 0 fully saturated rings. The number of nitrogens with two attached hydrogens (primary N) is 1. The zero-order valence-electron chi connectivity index (χ0n) is 34.3. The van der Waals surface area contributed by atoms with Gasteiger partial charge in [0.25, 0.3) is 0 Å². The van der Waals surface area contributed by atoms with E-state index in [1.54, 1.807) is 0 Å². The number of amidine groups is 1. The first kappa shape index (κ1) is 36.3. The number of hydrogen-bond acceptors (Lipinski definition) is 1. The molecular weight excluding hydrogens is 767 g/mol. The van der Waals surface area contributed by atoms with Gasteiger partial charge in [0.05, 0.1) is 27.8 Å². The molecule has 2 N–H and O–H groups in total. The van der Waals surface area contributed by atoms with E-state index in [1.807, 2.05) is 60.7 Å². The largest absolute Gasteiger partial charge is 0.383 e. The molecule has 2 heterocycles. The second-order valence-corrected chi connectivity index (χ2v) is 16.1. The normalized spacial score (nSPS) is 12.4. The van der Waals surface area contributed by atoms with Gasteiger partial charge in [-0.2, -0.15) is 4.99 Å². The zero-order valence-corrected chi connectivity index (χ0v) is 34.3. The third-order valence-electron chi connectivity index (χ3n) is 12.5. The van der Waals surface area contributed by atoms with E-state index in [4.69, 9.17) is 15.7 Å². The van der Waals surface area contributed by atoms with Crippen molar-refractivity contribution in [2.75, 3.05) is 0 Å². The Hall–Kier alpha value is -8.54. The number of fused-ring (bicyclic) bond motifs is 12. The molecule has 10 aromatic carbocycles. The standard InChI is InChI=1S/C58H39N5/c1-37(38-16-4-2-5-17-38)60-58(61-57(59)39-18-6-3-7-19-39)63-54-27-15-13-25-49(54)52-35-41(29-33-56(52)63)40-28-32-55-51(34-40)48-24-12-14-26-53(48)62(55)42-30-31-47-45-22-9-8-20-43(45)44-21-10-11-23-46(44)50(47)36-42/h2-36H,1H2,(H2,59,60,61). The van der Waals surface area contributed by atoms with Crippen molar-refractivity contribution in [1.82, 2.24) is 9.13 Å². The van der Waals surface area contributed by atoms with Crippen LogP contribution in [-0.4, -0.2) is 20.9 Å². The van der Waals surface area contributed by atoms with Crippen LogP contribution in [0, 0.1) is 0 Å². The third-order valence-corrected chi connectivity index (χ3v) is 12.5. The lowest BCUT2D eigenvalue weighted by molar-refractivity contribution is 1.19. The summed E-state index contributed by atoms with van der Waals surface area (Å²) in [7, 11) is 0. The number of para-hydroxylation sites is 2. The Kier molecular flexibility index (Phi) is 8.41. The van der Waals surface area contributed by atoms with E-state index in [1.165, 1.54) is 48.6 Å². The number of aliphatic imine (C=N–C) groups is 2. The van der Waals surface area contributed by atoms with Crippen LogP contribution in [0.15, 0.2) is 229 Å². The Balaban J connectivity index is 1.02. The molecule has 0 atom stereocenters. The maximum atomic E-state index is 6.72. The topological polar surface area (TPSA) is 60.6 Å². The van der Waals surface area contributed by atoms with Crippen molar-refractivity contribution in [3.05, 3.63) is 230 Å². The van der Waals surface area contributed by atoms with Gasteiger partial charge in [0, 0.05) is 32.8 Å².